The van der Waals surface area contributed by atoms with Crippen molar-refractivity contribution in [3.8, 4) is 28.7 Å². The Labute approximate surface area is 175 Å². The number of nitrogens with one attached hydrogen (secondary N) is 2. The Hall–Kier alpha value is -3.35. The number of likely N-dealkylation sites (N-methyl/N-ethyl adjacent to an activating group) is 1. The van der Waals surface area contributed by atoms with Crippen molar-refractivity contribution >= 4 is 22.9 Å². The van der Waals surface area contributed by atoms with Gasteiger partial charge in [0.15, 0.2) is 0 Å². The molecule has 4 rings (SSSR count). The van der Waals surface area contributed by atoms with Crippen molar-refractivity contribution in [3.63, 3.8) is 0 Å². The molecule has 0 unspecified atom stereocenters. The molecule has 1 aliphatic rings. The Kier molecular flexibility index (Phi) is 5.70. The molecule has 0 saturated carbocycles. The quantitative estimate of drug-likeness (QED) is 0.631. The van der Waals surface area contributed by atoms with Crippen LogP contribution in [0.5, 0.6) is 5.75 Å². The number of ether oxygens (including phenoxy) is 1. The van der Waals surface area contributed by atoms with Gasteiger partial charge in [0, 0.05) is 50.6 Å². The lowest BCUT2D eigenvalue weighted by atomic mass is 10.1. The number of rotatable bonds is 4. The van der Waals surface area contributed by atoms with E-state index in [0.717, 1.165) is 37.3 Å². The van der Waals surface area contributed by atoms with E-state index in [9.17, 15) is 4.79 Å². The zero-order valence-electron chi connectivity index (χ0n) is 17.4. The molecule has 3 aromatic rings. The van der Waals surface area contributed by atoms with Gasteiger partial charge in [-0.05, 0) is 25.1 Å². The van der Waals surface area contributed by atoms with Gasteiger partial charge in [0.05, 0.1) is 19.9 Å². The standard InChI is InChI=1S/C21H25N7O2/c1-26-9-11-28(12-10-26)8-4-5-18(29)23-21-24-19-16(15-13-22-27(2)14-15)6-7-17(30-3)20(19)25-21/h6-7,13-14H,8-12H2,1-3H3,(H2,23,24,25,29). The number of piperazine rings is 1. The molecule has 1 amide bonds. The second-order valence-corrected chi connectivity index (χ2v) is 7.36. The van der Waals surface area contributed by atoms with Gasteiger partial charge in [0.2, 0.25) is 5.95 Å². The molecule has 1 aromatic carbocycles. The first kappa shape index (κ1) is 19.9. The van der Waals surface area contributed by atoms with Crippen LogP contribution in [0.25, 0.3) is 22.2 Å². The molecule has 156 valence electrons. The third kappa shape index (κ3) is 4.30. The van der Waals surface area contributed by atoms with E-state index >= 15 is 0 Å². The Morgan fingerprint density at radius 2 is 2.07 bits per heavy atom. The largest absolute Gasteiger partial charge is 0.494 e. The molecule has 9 nitrogen and oxygen atoms in total. The number of H-pyrrole nitrogens is 1. The molecule has 9 heteroatoms. The van der Waals surface area contributed by atoms with Gasteiger partial charge in [-0.15, -0.1) is 0 Å². The van der Waals surface area contributed by atoms with Crippen LogP contribution >= 0.6 is 0 Å². The molecule has 0 aliphatic carbocycles. The average Bonchev–Trinajstić information content (AvgIpc) is 3.34. The van der Waals surface area contributed by atoms with Gasteiger partial charge in [-0.3, -0.25) is 19.7 Å². The number of fused-ring (bicyclic) bond motifs is 1. The maximum Gasteiger partial charge on any atom is 0.302 e. The normalized spacial score (nSPS) is 15.0. The first-order chi connectivity index (χ1) is 14.5. The summed E-state index contributed by atoms with van der Waals surface area (Å²) >= 11 is 0. The second-order valence-electron chi connectivity index (χ2n) is 7.36. The van der Waals surface area contributed by atoms with E-state index in [2.05, 4.69) is 49.1 Å². The van der Waals surface area contributed by atoms with Crippen LogP contribution in [0.4, 0.5) is 5.95 Å². The Balaban J connectivity index is 1.51. The fraction of sp³-hybridized carbons (Fsp3) is 0.381. The number of benzene rings is 1. The Bertz CT molecular complexity index is 1110. The van der Waals surface area contributed by atoms with Crippen molar-refractivity contribution < 1.29 is 9.53 Å². The number of hydrogen-bond acceptors (Lipinski definition) is 6. The lowest BCUT2D eigenvalue weighted by Crippen LogP contribution is -2.44. The maximum atomic E-state index is 12.3. The summed E-state index contributed by atoms with van der Waals surface area (Å²) in [4.78, 5) is 24.5. The molecule has 30 heavy (non-hydrogen) atoms. The summed E-state index contributed by atoms with van der Waals surface area (Å²) in [6.07, 6.45) is 3.69. The lowest BCUT2D eigenvalue weighted by Gasteiger charge is -2.30. The van der Waals surface area contributed by atoms with Crippen LogP contribution in [0.1, 0.15) is 0 Å². The molecular formula is C21H25N7O2. The van der Waals surface area contributed by atoms with Crippen molar-refractivity contribution in [2.75, 3.05) is 52.2 Å². The van der Waals surface area contributed by atoms with Gasteiger partial charge in [0.25, 0.3) is 0 Å². The monoisotopic (exact) mass is 407 g/mol. The highest BCUT2D eigenvalue weighted by atomic mass is 16.5. The molecule has 1 fully saturated rings. The fourth-order valence-electron chi connectivity index (χ4n) is 3.47. The van der Waals surface area contributed by atoms with Crippen LogP contribution < -0.4 is 10.1 Å². The first-order valence-corrected chi connectivity index (χ1v) is 9.80. The van der Waals surface area contributed by atoms with Crippen molar-refractivity contribution in [3.05, 3.63) is 24.5 Å². The van der Waals surface area contributed by atoms with E-state index in [0.29, 0.717) is 29.3 Å². The number of imidazole rings is 1. The zero-order chi connectivity index (χ0) is 21.1. The SMILES string of the molecule is COc1ccc(-c2cnn(C)c2)c2nc(NC(=O)C#CCN3CCN(C)CC3)[nH]c12. The van der Waals surface area contributed by atoms with Crippen molar-refractivity contribution in [1.29, 1.82) is 0 Å². The number of methoxy groups -OCH3 is 1. The fourth-order valence-corrected chi connectivity index (χ4v) is 3.47. The molecule has 0 atom stereocenters. The van der Waals surface area contributed by atoms with Gasteiger partial charge in [0.1, 0.15) is 16.8 Å². The zero-order valence-corrected chi connectivity index (χ0v) is 17.4. The smallest absolute Gasteiger partial charge is 0.302 e. The summed E-state index contributed by atoms with van der Waals surface area (Å²) in [7, 11) is 5.57. The number of aryl methyl sites for hydroxylation is 1. The van der Waals surface area contributed by atoms with Gasteiger partial charge in [-0.25, -0.2) is 4.98 Å². The van der Waals surface area contributed by atoms with E-state index in [1.165, 1.54) is 0 Å². The highest BCUT2D eigenvalue weighted by Gasteiger charge is 2.16. The summed E-state index contributed by atoms with van der Waals surface area (Å²) < 4.78 is 7.17. The molecular weight excluding hydrogens is 382 g/mol. The molecule has 2 N–H and O–H groups in total. The Morgan fingerprint density at radius 1 is 1.27 bits per heavy atom. The maximum absolute atomic E-state index is 12.3. The van der Waals surface area contributed by atoms with Gasteiger partial charge < -0.3 is 14.6 Å². The Morgan fingerprint density at radius 3 is 2.77 bits per heavy atom. The van der Waals surface area contributed by atoms with Crippen molar-refractivity contribution in [2.24, 2.45) is 7.05 Å². The van der Waals surface area contributed by atoms with Gasteiger partial charge >= 0.3 is 5.91 Å². The van der Waals surface area contributed by atoms with Crippen LogP contribution in [-0.2, 0) is 11.8 Å². The molecule has 1 saturated heterocycles. The van der Waals surface area contributed by atoms with Crippen molar-refractivity contribution in [1.82, 2.24) is 29.5 Å². The first-order valence-electron chi connectivity index (χ1n) is 9.80. The third-order valence-electron chi connectivity index (χ3n) is 5.17. The highest BCUT2D eigenvalue weighted by molar-refractivity contribution is 6.04. The molecule has 2 aromatic heterocycles. The predicted molar refractivity (Wildman–Crippen MR) is 115 cm³/mol. The molecule has 1 aliphatic heterocycles. The number of carbonyl (C=O) groups excluding carboxylic acids is 1. The topological polar surface area (TPSA) is 91.3 Å². The molecule has 0 bridgehead atoms. The van der Waals surface area contributed by atoms with Crippen LogP contribution in [0.15, 0.2) is 24.5 Å². The minimum absolute atomic E-state index is 0.332. The van der Waals surface area contributed by atoms with Crippen LogP contribution in [-0.4, -0.2) is 82.3 Å². The van der Waals surface area contributed by atoms with Gasteiger partial charge in [-0.2, -0.15) is 5.10 Å². The number of amides is 1. The number of aromatic nitrogens is 4. The predicted octanol–water partition coefficient (Wildman–Crippen LogP) is 1.16. The number of carbonyl (C=O) groups is 1. The number of aromatic amines is 1. The average molecular weight is 407 g/mol. The molecule has 3 heterocycles. The van der Waals surface area contributed by atoms with E-state index < -0.39 is 5.91 Å². The van der Waals surface area contributed by atoms with Crippen LogP contribution in [0.3, 0.4) is 0 Å². The summed E-state index contributed by atoms with van der Waals surface area (Å²) in [5, 5.41) is 6.96. The van der Waals surface area contributed by atoms with Gasteiger partial charge in [-0.1, -0.05) is 5.92 Å². The summed E-state index contributed by atoms with van der Waals surface area (Å²) in [6, 6.07) is 3.80. The van der Waals surface area contributed by atoms with Crippen molar-refractivity contribution in [2.45, 2.75) is 0 Å². The minimum atomic E-state index is -0.398. The summed E-state index contributed by atoms with van der Waals surface area (Å²) in [5.74, 6) is 6.19. The summed E-state index contributed by atoms with van der Waals surface area (Å²) in [6.45, 7) is 4.56. The second kappa shape index (κ2) is 8.57. The molecule has 0 radical (unpaired) electrons. The van der Waals surface area contributed by atoms with E-state index in [-0.39, 0.29) is 0 Å². The number of hydrogen-bond donors (Lipinski definition) is 2. The third-order valence-corrected chi connectivity index (χ3v) is 5.17. The number of anilines is 1. The lowest BCUT2D eigenvalue weighted by molar-refractivity contribution is -0.111. The summed E-state index contributed by atoms with van der Waals surface area (Å²) in [5.41, 5.74) is 3.24. The van der Waals surface area contributed by atoms with E-state index in [4.69, 9.17) is 4.74 Å². The van der Waals surface area contributed by atoms with E-state index in [1.807, 2.05) is 25.4 Å². The van der Waals surface area contributed by atoms with E-state index in [1.54, 1.807) is 18.0 Å². The highest BCUT2D eigenvalue weighted by Crippen LogP contribution is 2.33. The minimum Gasteiger partial charge on any atom is -0.494 e. The van der Waals surface area contributed by atoms with Crippen LogP contribution in [0, 0.1) is 11.8 Å². The number of nitrogens with zero attached hydrogens (tertiary/aromatic N) is 5. The molecule has 0 spiro atoms. The van der Waals surface area contributed by atoms with Crippen LogP contribution in [0.2, 0.25) is 0 Å².